The van der Waals surface area contributed by atoms with Crippen LogP contribution in [-0.2, 0) is 5.54 Å². The number of rotatable bonds is 3. The lowest BCUT2D eigenvalue weighted by Gasteiger charge is -2.17. The van der Waals surface area contributed by atoms with E-state index >= 15 is 0 Å². The molecule has 1 fully saturated rings. The Hall–Kier alpha value is -2.43. The van der Waals surface area contributed by atoms with Crippen molar-refractivity contribution in [1.29, 1.82) is 0 Å². The van der Waals surface area contributed by atoms with E-state index in [-0.39, 0.29) is 22.7 Å². The first-order chi connectivity index (χ1) is 9.20. The summed E-state index contributed by atoms with van der Waals surface area (Å²) in [6.45, 7) is 0. The molecule has 1 saturated carbocycles. The van der Waals surface area contributed by atoms with Crippen molar-refractivity contribution in [2.24, 2.45) is 0 Å². The number of hydrogen-bond donors (Lipinski definition) is 2. The molecule has 0 atom stereocenters. The standard InChI is InChI=1S/C14H13N3O2/c18-12-7-6-11(16-17-12)13(19)15-14(8-9-14)10-4-2-1-3-5-10/h1-7H,8-9H2,(H,15,19)(H,17,18). The largest absolute Gasteiger partial charge is 0.341 e. The zero-order valence-corrected chi connectivity index (χ0v) is 10.2. The second-order valence-corrected chi connectivity index (χ2v) is 4.71. The Labute approximate surface area is 109 Å². The zero-order chi connectivity index (χ0) is 13.3. The van der Waals surface area contributed by atoms with Gasteiger partial charge >= 0.3 is 0 Å². The summed E-state index contributed by atoms with van der Waals surface area (Å²) in [5, 5.41) is 8.99. The minimum Gasteiger partial charge on any atom is -0.341 e. The molecule has 0 bridgehead atoms. The van der Waals surface area contributed by atoms with Crippen molar-refractivity contribution in [3.8, 4) is 0 Å². The molecule has 1 aliphatic rings. The third-order valence-corrected chi connectivity index (χ3v) is 3.34. The molecule has 96 valence electrons. The minimum atomic E-state index is -0.319. The van der Waals surface area contributed by atoms with Crippen molar-refractivity contribution in [1.82, 2.24) is 15.5 Å². The van der Waals surface area contributed by atoms with Crippen molar-refractivity contribution in [2.45, 2.75) is 18.4 Å². The highest BCUT2D eigenvalue weighted by Gasteiger charge is 2.45. The van der Waals surface area contributed by atoms with Crippen LogP contribution in [0, 0.1) is 0 Å². The van der Waals surface area contributed by atoms with Crippen LogP contribution < -0.4 is 10.9 Å². The van der Waals surface area contributed by atoms with Gasteiger partial charge in [-0.2, -0.15) is 5.10 Å². The fraction of sp³-hybridized carbons (Fsp3) is 0.214. The predicted octanol–water partition coefficient (Wildman–Crippen LogP) is 1.19. The molecule has 1 amide bonds. The van der Waals surface area contributed by atoms with Gasteiger partial charge in [-0.3, -0.25) is 9.59 Å². The van der Waals surface area contributed by atoms with Crippen molar-refractivity contribution >= 4 is 5.91 Å². The number of carbonyl (C=O) groups excluding carboxylic acids is 1. The fourth-order valence-corrected chi connectivity index (χ4v) is 2.12. The van der Waals surface area contributed by atoms with Crippen LogP contribution in [0.3, 0.4) is 0 Å². The molecule has 19 heavy (non-hydrogen) atoms. The number of aromatic amines is 1. The molecule has 1 aromatic carbocycles. The Bertz CT molecular complexity index is 639. The molecule has 1 heterocycles. The number of hydrogen-bond acceptors (Lipinski definition) is 3. The summed E-state index contributed by atoms with van der Waals surface area (Å²) in [4.78, 5) is 23.0. The number of aromatic nitrogens is 2. The van der Waals surface area contributed by atoms with Crippen LogP contribution >= 0.6 is 0 Å². The van der Waals surface area contributed by atoms with E-state index < -0.39 is 0 Å². The highest BCUT2D eigenvalue weighted by Crippen LogP contribution is 2.45. The lowest BCUT2D eigenvalue weighted by molar-refractivity contribution is 0.0924. The van der Waals surface area contributed by atoms with Crippen LogP contribution in [0.15, 0.2) is 47.3 Å². The normalized spacial score (nSPS) is 15.8. The van der Waals surface area contributed by atoms with Crippen LogP contribution in [0.4, 0.5) is 0 Å². The van der Waals surface area contributed by atoms with Crippen LogP contribution in [0.1, 0.15) is 28.9 Å². The summed E-state index contributed by atoms with van der Waals surface area (Å²) in [5.74, 6) is -0.266. The minimum absolute atomic E-state index is 0.224. The Balaban J connectivity index is 1.80. The second-order valence-electron chi connectivity index (χ2n) is 4.71. The van der Waals surface area contributed by atoms with E-state index in [0.717, 1.165) is 18.4 Å². The number of nitrogens with one attached hydrogen (secondary N) is 2. The summed E-state index contributed by atoms with van der Waals surface area (Å²) in [5.41, 5.74) is 0.742. The Morgan fingerprint density at radius 3 is 2.47 bits per heavy atom. The first kappa shape index (κ1) is 11.6. The van der Waals surface area contributed by atoms with E-state index in [1.165, 1.54) is 12.1 Å². The monoisotopic (exact) mass is 255 g/mol. The highest BCUT2D eigenvalue weighted by molar-refractivity contribution is 5.92. The maximum atomic E-state index is 12.1. The molecule has 0 spiro atoms. The van der Waals surface area contributed by atoms with Crippen LogP contribution in [0.25, 0.3) is 0 Å². The number of nitrogens with zero attached hydrogens (tertiary/aromatic N) is 1. The smallest absolute Gasteiger partial charge is 0.272 e. The molecular weight excluding hydrogens is 242 g/mol. The Kier molecular flexibility index (Phi) is 2.67. The van der Waals surface area contributed by atoms with Gasteiger partial charge in [0.1, 0.15) is 5.69 Å². The van der Waals surface area contributed by atoms with E-state index in [1.54, 1.807) is 0 Å². The molecule has 5 nitrogen and oxygen atoms in total. The van der Waals surface area contributed by atoms with Crippen molar-refractivity contribution in [3.63, 3.8) is 0 Å². The molecule has 0 radical (unpaired) electrons. The van der Waals surface area contributed by atoms with Gasteiger partial charge in [-0.05, 0) is 24.5 Å². The van der Waals surface area contributed by atoms with Gasteiger partial charge in [-0.15, -0.1) is 0 Å². The number of carbonyl (C=O) groups is 1. The molecule has 2 N–H and O–H groups in total. The summed E-state index contributed by atoms with van der Waals surface area (Å²) in [7, 11) is 0. The van der Waals surface area contributed by atoms with E-state index in [9.17, 15) is 9.59 Å². The first-order valence-corrected chi connectivity index (χ1v) is 6.13. The molecule has 0 saturated heterocycles. The fourth-order valence-electron chi connectivity index (χ4n) is 2.12. The van der Waals surface area contributed by atoms with Crippen LogP contribution in [-0.4, -0.2) is 16.1 Å². The van der Waals surface area contributed by atoms with Crippen LogP contribution in [0.5, 0.6) is 0 Å². The molecule has 1 aromatic heterocycles. The lowest BCUT2D eigenvalue weighted by atomic mass is 10.0. The lowest BCUT2D eigenvalue weighted by Crippen LogP contribution is -2.35. The van der Waals surface area contributed by atoms with Gasteiger partial charge in [0.15, 0.2) is 0 Å². The molecule has 3 rings (SSSR count). The van der Waals surface area contributed by atoms with E-state index in [2.05, 4.69) is 15.5 Å². The third kappa shape index (κ3) is 2.27. The maximum Gasteiger partial charge on any atom is 0.272 e. The molecule has 1 aliphatic carbocycles. The van der Waals surface area contributed by atoms with Gasteiger partial charge in [0.05, 0.1) is 5.54 Å². The first-order valence-electron chi connectivity index (χ1n) is 6.13. The predicted molar refractivity (Wildman–Crippen MR) is 69.7 cm³/mol. The average molecular weight is 255 g/mol. The maximum absolute atomic E-state index is 12.1. The van der Waals surface area contributed by atoms with Gasteiger partial charge in [0.2, 0.25) is 0 Å². The molecule has 0 unspecified atom stereocenters. The SMILES string of the molecule is O=C(NC1(c2ccccc2)CC1)c1ccc(=O)[nH]n1. The van der Waals surface area contributed by atoms with Gasteiger partial charge in [0.25, 0.3) is 11.5 Å². The number of amides is 1. The van der Waals surface area contributed by atoms with Crippen molar-refractivity contribution < 1.29 is 4.79 Å². The summed E-state index contributed by atoms with van der Waals surface area (Å²) in [6.07, 6.45) is 1.85. The topological polar surface area (TPSA) is 74.8 Å². The molecule has 0 aliphatic heterocycles. The van der Waals surface area contributed by atoms with Gasteiger partial charge in [-0.1, -0.05) is 30.3 Å². The van der Waals surface area contributed by atoms with E-state index in [1.807, 2.05) is 30.3 Å². The van der Waals surface area contributed by atoms with Crippen molar-refractivity contribution in [3.05, 3.63) is 64.1 Å². The van der Waals surface area contributed by atoms with E-state index in [0.29, 0.717) is 0 Å². The number of H-pyrrole nitrogens is 1. The van der Waals surface area contributed by atoms with Crippen LogP contribution in [0.2, 0.25) is 0 Å². The highest BCUT2D eigenvalue weighted by atomic mass is 16.2. The summed E-state index contributed by atoms with van der Waals surface area (Å²) >= 11 is 0. The summed E-state index contributed by atoms with van der Waals surface area (Å²) in [6, 6.07) is 12.6. The molecular formula is C14H13N3O2. The van der Waals surface area contributed by atoms with Gasteiger partial charge < -0.3 is 5.32 Å². The quantitative estimate of drug-likeness (QED) is 0.865. The van der Waals surface area contributed by atoms with Gasteiger partial charge in [0, 0.05) is 6.07 Å². The number of benzene rings is 1. The Morgan fingerprint density at radius 2 is 1.89 bits per heavy atom. The Morgan fingerprint density at radius 1 is 1.16 bits per heavy atom. The third-order valence-electron chi connectivity index (χ3n) is 3.34. The molecule has 2 aromatic rings. The zero-order valence-electron chi connectivity index (χ0n) is 10.2. The second kappa shape index (κ2) is 4.35. The van der Waals surface area contributed by atoms with Crippen molar-refractivity contribution in [2.75, 3.05) is 0 Å². The molecule has 5 heteroatoms. The van der Waals surface area contributed by atoms with E-state index in [4.69, 9.17) is 0 Å². The summed E-state index contributed by atoms with van der Waals surface area (Å²) < 4.78 is 0. The van der Waals surface area contributed by atoms with Gasteiger partial charge in [-0.25, -0.2) is 5.10 Å². The average Bonchev–Trinajstić information content (AvgIpc) is 3.21.